The van der Waals surface area contributed by atoms with Crippen LogP contribution in [0.1, 0.15) is 5.56 Å². The normalized spacial score (nSPS) is 10.0. The van der Waals surface area contributed by atoms with Gasteiger partial charge in [0.1, 0.15) is 11.5 Å². The fraction of sp³-hybridized carbons (Fsp3) is 0.188. The zero-order valence-corrected chi connectivity index (χ0v) is 12.6. The second-order valence-corrected chi connectivity index (χ2v) is 4.85. The molecule has 0 saturated heterocycles. The van der Waals surface area contributed by atoms with E-state index in [0.29, 0.717) is 22.2 Å². The van der Waals surface area contributed by atoms with Gasteiger partial charge in [0.05, 0.1) is 26.3 Å². The Labute approximate surface area is 128 Å². The molecule has 0 saturated carbocycles. The molecule has 0 unspecified atom stereocenters. The number of carbonyl (C=O) groups is 1. The van der Waals surface area contributed by atoms with Crippen molar-refractivity contribution in [2.24, 2.45) is 0 Å². The second-order valence-electron chi connectivity index (χ2n) is 4.42. The first-order valence-electron chi connectivity index (χ1n) is 6.38. The number of methoxy groups -OCH3 is 2. The summed E-state index contributed by atoms with van der Waals surface area (Å²) in [7, 11) is 3.12. The van der Waals surface area contributed by atoms with E-state index in [1.165, 1.54) is 0 Å². The quantitative estimate of drug-likeness (QED) is 0.919. The summed E-state index contributed by atoms with van der Waals surface area (Å²) in [6.07, 6.45) is 0.261. The maximum atomic E-state index is 12.1. The van der Waals surface area contributed by atoms with Gasteiger partial charge in [-0.15, -0.1) is 0 Å². The van der Waals surface area contributed by atoms with E-state index >= 15 is 0 Å². The highest BCUT2D eigenvalue weighted by Crippen LogP contribution is 2.29. The molecule has 0 aliphatic rings. The molecule has 0 atom stereocenters. The Kier molecular flexibility index (Phi) is 5.06. The Hall–Kier alpha value is -2.20. The number of anilines is 1. The number of carbonyl (C=O) groups excluding carboxylic acids is 1. The zero-order valence-electron chi connectivity index (χ0n) is 11.9. The molecular weight excluding hydrogens is 290 g/mol. The fourth-order valence-electron chi connectivity index (χ4n) is 1.89. The lowest BCUT2D eigenvalue weighted by Crippen LogP contribution is -2.15. The summed E-state index contributed by atoms with van der Waals surface area (Å²) in [4.78, 5) is 12.1. The molecular formula is C16H16ClNO3. The van der Waals surface area contributed by atoms with Crippen LogP contribution in [0.2, 0.25) is 5.02 Å². The zero-order chi connectivity index (χ0) is 15.2. The first-order chi connectivity index (χ1) is 10.1. The van der Waals surface area contributed by atoms with Gasteiger partial charge in [0, 0.05) is 11.1 Å². The van der Waals surface area contributed by atoms with Gasteiger partial charge in [0.15, 0.2) is 0 Å². The van der Waals surface area contributed by atoms with E-state index in [0.717, 1.165) is 5.56 Å². The minimum Gasteiger partial charge on any atom is -0.497 e. The largest absolute Gasteiger partial charge is 0.497 e. The minimum atomic E-state index is -0.135. The van der Waals surface area contributed by atoms with Crippen LogP contribution in [-0.4, -0.2) is 20.1 Å². The minimum absolute atomic E-state index is 0.135. The average molecular weight is 306 g/mol. The van der Waals surface area contributed by atoms with Crippen LogP contribution in [0.3, 0.4) is 0 Å². The number of hydrogen-bond acceptors (Lipinski definition) is 3. The third kappa shape index (κ3) is 4.13. The molecule has 2 rings (SSSR count). The molecule has 0 aliphatic carbocycles. The third-order valence-corrected chi connectivity index (χ3v) is 3.21. The Balaban J connectivity index is 2.09. The van der Waals surface area contributed by atoms with Crippen LogP contribution in [-0.2, 0) is 11.2 Å². The predicted octanol–water partition coefficient (Wildman–Crippen LogP) is 3.54. The van der Waals surface area contributed by atoms with Gasteiger partial charge < -0.3 is 14.8 Å². The smallest absolute Gasteiger partial charge is 0.228 e. The van der Waals surface area contributed by atoms with Gasteiger partial charge in [-0.3, -0.25) is 4.79 Å². The van der Waals surface area contributed by atoms with E-state index in [4.69, 9.17) is 21.1 Å². The molecule has 110 valence electrons. The molecule has 0 spiro atoms. The first kappa shape index (κ1) is 15.2. The van der Waals surface area contributed by atoms with Crippen molar-refractivity contribution in [3.05, 3.63) is 53.1 Å². The van der Waals surface area contributed by atoms with Crippen molar-refractivity contribution >= 4 is 23.2 Å². The van der Waals surface area contributed by atoms with Gasteiger partial charge >= 0.3 is 0 Å². The van der Waals surface area contributed by atoms with Crippen LogP contribution in [0.4, 0.5) is 5.69 Å². The number of ether oxygens (including phenoxy) is 2. The van der Waals surface area contributed by atoms with E-state index in [2.05, 4.69) is 5.32 Å². The molecule has 0 aromatic heterocycles. The van der Waals surface area contributed by atoms with Crippen molar-refractivity contribution in [1.29, 1.82) is 0 Å². The summed E-state index contributed by atoms with van der Waals surface area (Å²) >= 11 is 5.82. The summed E-state index contributed by atoms with van der Waals surface area (Å²) in [6.45, 7) is 0. The van der Waals surface area contributed by atoms with Gasteiger partial charge in [-0.2, -0.15) is 0 Å². The third-order valence-electron chi connectivity index (χ3n) is 2.96. The molecule has 4 nitrogen and oxygen atoms in total. The summed E-state index contributed by atoms with van der Waals surface area (Å²) < 4.78 is 10.4. The van der Waals surface area contributed by atoms with Gasteiger partial charge in [-0.25, -0.2) is 0 Å². The van der Waals surface area contributed by atoms with Crippen molar-refractivity contribution in [2.75, 3.05) is 19.5 Å². The summed E-state index contributed by atoms with van der Waals surface area (Å²) in [5.74, 6) is 1.10. The number of nitrogens with one attached hydrogen (secondary N) is 1. The van der Waals surface area contributed by atoms with Gasteiger partial charge in [-0.1, -0.05) is 23.7 Å². The number of amides is 1. The molecule has 0 fully saturated rings. The van der Waals surface area contributed by atoms with Crippen molar-refractivity contribution in [2.45, 2.75) is 6.42 Å². The molecule has 21 heavy (non-hydrogen) atoms. The highest BCUT2D eigenvalue weighted by molar-refractivity contribution is 6.30. The molecule has 0 aliphatic heterocycles. The number of hydrogen-bond donors (Lipinski definition) is 1. The van der Waals surface area contributed by atoms with Gasteiger partial charge in [-0.05, 0) is 29.8 Å². The SMILES string of the molecule is COc1ccc(OC)c(NC(=O)Cc2ccc(Cl)cc2)c1. The molecule has 5 heteroatoms. The van der Waals surface area contributed by atoms with Crippen LogP contribution in [0.5, 0.6) is 11.5 Å². The van der Waals surface area contributed by atoms with Crippen LogP contribution in [0.15, 0.2) is 42.5 Å². The van der Waals surface area contributed by atoms with E-state index in [-0.39, 0.29) is 12.3 Å². The summed E-state index contributed by atoms with van der Waals surface area (Å²) in [6, 6.07) is 12.4. The number of halogens is 1. The monoisotopic (exact) mass is 305 g/mol. The molecule has 2 aromatic carbocycles. The van der Waals surface area contributed by atoms with Gasteiger partial charge in [0.2, 0.25) is 5.91 Å². The molecule has 0 heterocycles. The van der Waals surface area contributed by atoms with E-state index in [1.807, 2.05) is 12.1 Å². The van der Waals surface area contributed by atoms with Crippen LogP contribution < -0.4 is 14.8 Å². The Morgan fingerprint density at radius 3 is 2.43 bits per heavy atom. The molecule has 0 radical (unpaired) electrons. The average Bonchev–Trinajstić information content (AvgIpc) is 2.49. The van der Waals surface area contributed by atoms with E-state index in [1.54, 1.807) is 44.6 Å². The lowest BCUT2D eigenvalue weighted by Gasteiger charge is -2.11. The fourth-order valence-corrected chi connectivity index (χ4v) is 2.02. The van der Waals surface area contributed by atoms with E-state index in [9.17, 15) is 4.79 Å². The summed E-state index contributed by atoms with van der Waals surface area (Å²) in [5, 5.41) is 3.47. The molecule has 2 aromatic rings. The van der Waals surface area contributed by atoms with E-state index < -0.39 is 0 Å². The molecule has 1 amide bonds. The highest BCUT2D eigenvalue weighted by Gasteiger charge is 2.09. The van der Waals surface area contributed by atoms with Crippen LogP contribution >= 0.6 is 11.6 Å². The molecule has 1 N–H and O–H groups in total. The van der Waals surface area contributed by atoms with Crippen molar-refractivity contribution in [3.63, 3.8) is 0 Å². The highest BCUT2D eigenvalue weighted by atomic mass is 35.5. The number of benzene rings is 2. The Morgan fingerprint density at radius 2 is 1.81 bits per heavy atom. The van der Waals surface area contributed by atoms with Crippen molar-refractivity contribution in [3.8, 4) is 11.5 Å². The Morgan fingerprint density at radius 1 is 1.10 bits per heavy atom. The topological polar surface area (TPSA) is 47.6 Å². The lowest BCUT2D eigenvalue weighted by molar-refractivity contribution is -0.115. The number of rotatable bonds is 5. The maximum Gasteiger partial charge on any atom is 0.228 e. The van der Waals surface area contributed by atoms with Crippen molar-refractivity contribution < 1.29 is 14.3 Å². The van der Waals surface area contributed by atoms with Crippen molar-refractivity contribution in [1.82, 2.24) is 0 Å². The van der Waals surface area contributed by atoms with Crippen LogP contribution in [0.25, 0.3) is 0 Å². The second kappa shape index (κ2) is 6.99. The first-order valence-corrected chi connectivity index (χ1v) is 6.76. The predicted molar refractivity (Wildman–Crippen MR) is 83.3 cm³/mol. The van der Waals surface area contributed by atoms with Gasteiger partial charge in [0.25, 0.3) is 0 Å². The maximum absolute atomic E-state index is 12.1. The van der Waals surface area contributed by atoms with Crippen LogP contribution in [0, 0.1) is 0 Å². The standard InChI is InChI=1S/C16H16ClNO3/c1-20-13-7-8-15(21-2)14(10-13)18-16(19)9-11-3-5-12(17)6-4-11/h3-8,10H,9H2,1-2H3,(H,18,19). The summed E-state index contributed by atoms with van der Waals surface area (Å²) in [5.41, 5.74) is 1.47. The molecule has 0 bridgehead atoms. The lowest BCUT2D eigenvalue weighted by atomic mass is 10.1. The Bertz CT molecular complexity index is 626.